The number of nitrogens with one attached hydrogen (secondary N) is 1. The van der Waals surface area contributed by atoms with Gasteiger partial charge < -0.3 is 9.88 Å². The summed E-state index contributed by atoms with van der Waals surface area (Å²) in [4.78, 5) is 16.5. The predicted molar refractivity (Wildman–Crippen MR) is 99.3 cm³/mol. The number of hydrogen-bond donors (Lipinski definition) is 1. The molecule has 8 heteroatoms. The van der Waals surface area contributed by atoms with Crippen molar-refractivity contribution in [2.45, 2.75) is 17.3 Å². The summed E-state index contributed by atoms with van der Waals surface area (Å²) < 4.78 is 1.84. The van der Waals surface area contributed by atoms with Gasteiger partial charge >= 0.3 is 0 Å². The van der Waals surface area contributed by atoms with E-state index in [1.807, 2.05) is 23.7 Å². The molecule has 3 rings (SSSR count). The zero-order valence-corrected chi connectivity index (χ0v) is 15.1. The van der Waals surface area contributed by atoms with E-state index in [9.17, 15) is 4.79 Å². The summed E-state index contributed by atoms with van der Waals surface area (Å²) in [6.45, 7) is 1.79. The maximum atomic E-state index is 12.5. The summed E-state index contributed by atoms with van der Waals surface area (Å²) in [7, 11) is 1.85. The molecule has 0 saturated heterocycles. The molecule has 1 atom stereocenters. The van der Waals surface area contributed by atoms with Crippen molar-refractivity contribution in [1.82, 2.24) is 19.7 Å². The summed E-state index contributed by atoms with van der Waals surface area (Å²) in [5.41, 5.74) is 1.83. The number of carbonyl (C=O) groups excluding carboxylic acids is 1. The molecule has 2 heterocycles. The molecule has 7 nitrogen and oxygen atoms in total. The number of amides is 1. The fraction of sp³-hybridized carbons (Fsp3) is 0.167. The van der Waals surface area contributed by atoms with Crippen molar-refractivity contribution in [2.24, 2.45) is 7.05 Å². The van der Waals surface area contributed by atoms with Gasteiger partial charge in [-0.2, -0.15) is 5.26 Å². The van der Waals surface area contributed by atoms with Gasteiger partial charge in [0.05, 0.1) is 16.5 Å². The van der Waals surface area contributed by atoms with Crippen molar-refractivity contribution in [3.8, 4) is 17.5 Å². The SMILES string of the molecule is C[C@H](Sc1nnc(-c2ccncc2)n1C)C(=O)Nc1ccccc1C#N. The highest BCUT2D eigenvalue weighted by atomic mass is 32.2. The number of para-hydroxylation sites is 1. The number of hydrogen-bond acceptors (Lipinski definition) is 6. The van der Waals surface area contributed by atoms with Gasteiger partial charge in [-0.15, -0.1) is 10.2 Å². The molecule has 26 heavy (non-hydrogen) atoms. The molecule has 0 bridgehead atoms. The molecule has 130 valence electrons. The lowest BCUT2D eigenvalue weighted by Crippen LogP contribution is -2.23. The fourth-order valence-corrected chi connectivity index (χ4v) is 3.12. The summed E-state index contributed by atoms with van der Waals surface area (Å²) in [5.74, 6) is 0.503. The highest BCUT2D eigenvalue weighted by molar-refractivity contribution is 8.00. The van der Waals surface area contributed by atoms with Crippen molar-refractivity contribution in [1.29, 1.82) is 5.26 Å². The van der Waals surface area contributed by atoms with E-state index in [4.69, 9.17) is 5.26 Å². The Morgan fingerprint density at radius 1 is 1.23 bits per heavy atom. The molecule has 0 unspecified atom stereocenters. The standard InChI is InChI=1S/C18H16N6OS/c1-12(17(25)21-15-6-4-3-5-14(15)11-19)26-18-23-22-16(24(18)2)13-7-9-20-10-8-13/h3-10,12H,1-2H3,(H,21,25)/t12-/m0/s1. The Bertz CT molecular complexity index is 963. The van der Waals surface area contributed by atoms with Crippen molar-refractivity contribution in [2.75, 3.05) is 5.32 Å². The lowest BCUT2D eigenvalue weighted by atomic mass is 10.2. The Morgan fingerprint density at radius 2 is 1.96 bits per heavy atom. The van der Waals surface area contributed by atoms with E-state index in [2.05, 4.69) is 26.6 Å². The zero-order valence-electron chi connectivity index (χ0n) is 14.2. The second-order valence-corrected chi connectivity index (χ2v) is 6.82. The highest BCUT2D eigenvalue weighted by Gasteiger charge is 2.20. The molecule has 0 saturated carbocycles. The van der Waals surface area contributed by atoms with Crippen molar-refractivity contribution in [3.05, 3.63) is 54.4 Å². The van der Waals surface area contributed by atoms with Crippen LogP contribution in [0.2, 0.25) is 0 Å². The Hall–Kier alpha value is -3.18. The minimum Gasteiger partial charge on any atom is -0.324 e. The number of nitriles is 1. The van der Waals surface area contributed by atoms with Gasteiger partial charge in [0.25, 0.3) is 0 Å². The molecule has 1 aromatic carbocycles. The smallest absolute Gasteiger partial charge is 0.237 e. The molecule has 0 aliphatic carbocycles. The van der Waals surface area contributed by atoms with Gasteiger partial charge in [-0.25, -0.2) is 0 Å². The quantitative estimate of drug-likeness (QED) is 0.699. The maximum absolute atomic E-state index is 12.5. The van der Waals surface area contributed by atoms with Crippen LogP contribution in [0.4, 0.5) is 5.69 Å². The minimum absolute atomic E-state index is 0.203. The topological polar surface area (TPSA) is 96.5 Å². The fourth-order valence-electron chi connectivity index (χ4n) is 2.31. The van der Waals surface area contributed by atoms with Crippen LogP contribution in [-0.4, -0.2) is 30.9 Å². The first-order valence-electron chi connectivity index (χ1n) is 7.86. The number of benzene rings is 1. The van der Waals surface area contributed by atoms with Crippen LogP contribution in [0, 0.1) is 11.3 Å². The third-order valence-electron chi connectivity index (χ3n) is 3.73. The van der Waals surface area contributed by atoms with E-state index in [1.54, 1.807) is 43.6 Å². The van der Waals surface area contributed by atoms with Crippen LogP contribution in [0.25, 0.3) is 11.4 Å². The van der Waals surface area contributed by atoms with Crippen LogP contribution in [-0.2, 0) is 11.8 Å². The van der Waals surface area contributed by atoms with Crippen molar-refractivity contribution < 1.29 is 4.79 Å². The first-order chi connectivity index (χ1) is 12.6. The number of pyridine rings is 1. The van der Waals surface area contributed by atoms with Crippen molar-refractivity contribution in [3.63, 3.8) is 0 Å². The van der Waals surface area contributed by atoms with E-state index >= 15 is 0 Å². The molecular formula is C18H16N6OS. The van der Waals surface area contributed by atoms with E-state index in [1.165, 1.54) is 11.8 Å². The number of anilines is 1. The van der Waals surface area contributed by atoms with E-state index in [0.717, 1.165) is 5.56 Å². The minimum atomic E-state index is -0.407. The molecule has 2 aromatic heterocycles. The Kier molecular flexibility index (Phi) is 5.29. The Balaban J connectivity index is 1.72. The first kappa shape index (κ1) is 17.6. The average molecular weight is 364 g/mol. The summed E-state index contributed by atoms with van der Waals surface area (Å²) in [6.07, 6.45) is 3.39. The van der Waals surface area contributed by atoms with Gasteiger partial charge in [-0.1, -0.05) is 23.9 Å². The summed E-state index contributed by atoms with van der Waals surface area (Å²) in [6, 6.07) is 12.7. The predicted octanol–water partition coefficient (Wildman–Crippen LogP) is 2.87. The van der Waals surface area contributed by atoms with Gasteiger partial charge in [0.2, 0.25) is 5.91 Å². The Morgan fingerprint density at radius 3 is 2.69 bits per heavy atom. The van der Waals surface area contributed by atoms with Crippen LogP contribution in [0.1, 0.15) is 12.5 Å². The van der Waals surface area contributed by atoms with Crippen LogP contribution < -0.4 is 5.32 Å². The molecule has 0 aliphatic heterocycles. The number of aromatic nitrogens is 4. The number of thioether (sulfide) groups is 1. The first-order valence-corrected chi connectivity index (χ1v) is 8.74. The second-order valence-electron chi connectivity index (χ2n) is 5.51. The van der Waals surface area contributed by atoms with Gasteiger partial charge in [0, 0.05) is 25.0 Å². The average Bonchev–Trinajstić information content (AvgIpc) is 3.03. The third kappa shape index (κ3) is 3.73. The Labute approximate surface area is 155 Å². The summed E-state index contributed by atoms with van der Waals surface area (Å²) >= 11 is 1.31. The van der Waals surface area contributed by atoms with Crippen molar-refractivity contribution >= 4 is 23.4 Å². The lowest BCUT2D eigenvalue weighted by Gasteiger charge is -2.12. The molecule has 0 fully saturated rings. The zero-order chi connectivity index (χ0) is 18.5. The van der Waals surface area contributed by atoms with Crippen LogP contribution in [0.3, 0.4) is 0 Å². The van der Waals surface area contributed by atoms with Gasteiger partial charge in [0.1, 0.15) is 6.07 Å². The van der Waals surface area contributed by atoms with Crippen LogP contribution in [0.5, 0.6) is 0 Å². The van der Waals surface area contributed by atoms with Crippen LogP contribution in [0.15, 0.2) is 53.9 Å². The van der Waals surface area contributed by atoms with Gasteiger partial charge in [-0.3, -0.25) is 9.78 Å². The third-order valence-corrected chi connectivity index (χ3v) is 4.86. The van der Waals surface area contributed by atoms with Crippen LogP contribution >= 0.6 is 11.8 Å². The number of nitrogens with zero attached hydrogens (tertiary/aromatic N) is 5. The monoisotopic (exact) mass is 364 g/mol. The number of carbonyl (C=O) groups is 1. The normalized spacial score (nSPS) is 11.6. The molecule has 1 N–H and O–H groups in total. The molecule has 0 spiro atoms. The second kappa shape index (κ2) is 7.80. The van der Waals surface area contributed by atoms with E-state index < -0.39 is 5.25 Å². The molecule has 0 aliphatic rings. The van der Waals surface area contributed by atoms with E-state index in [0.29, 0.717) is 22.2 Å². The lowest BCUT2D eigenvalue weighted by molar-refractivity contribution is -0.115. The number of rotatable bonds is 5. The molecule has 0 radical (unpaired) electrons. The van der Waals surface area contributed by atoms with Gasteiger partial charge in [-0.05, 0) is 31.2 Å². The molecule has 1 amide bonds. The highest BCUT2D eigenvalue weighted by Crippen LogP contribution is 2.26. The maximum Gasteiger partial charge on any atom is 0.237 e. The molecule has 3 aromatic rings. The van der Waals surface area contributed by atoms with E-state index in [-0.39, 0.29) is 5.91 Å². The summed E-state index contributed by atoms with van der Waals surface area (Å²) in [5, 5.41) is 20.5. The largest absolute Gasteiger partial charge is 0.324 e. The molecular weight excluding hydrogens is 348 g/mol. The van der Waals surface area contributed by atoms with Gasteiger partial charge in [0.15, 0.2) is 11.0 Å².